The molecule has 3 heterocycles. The molecule has 0 spiro atoms. The number of oxazole rings is 1. The summed E-state index contributed by atoms with van der Waals surface area (Å²) < 4.78 is 7.43. The van der Waals surface area contributed by atoms with Gasteiger partial charge in [-0.3, -0.25) is 4.79 Å². The van der Waals surface area contributed by atoms with E-state index < -0.39 is 6.04 Å². The lowest BCUT2D eigenvalue weighted by Crippen LogP contribution is -2.41. The lowest BCUT2D eigenvalue weighted by Gasteiger charge is -2.29. The van der Waals surface area contributed by atoms with Crippen molar-refractivity contribution in [1.29, 1.82) is 0 Å². The van der Waals surface area contributed by atoms with Gasteiger partial charge in [-0.05, 0) is 16.0 Å². The first-order valence-electron chi connectivity index (χ1n) is 8.99. The Hall–Kier alpha value is -3.03. The van der Waals surface area contributed by atoms with Crippen LogP contribution in [0.1, 0.15) is 49.7 Å². The SMILES string of the molecule is CC(C)(C)c1nc2c(o1)CCN(C(=O)C(c1ccccc1)n1cnnn1)C2. The normalized spacial score (nSPS) is 15.4. The molecule has 0 fully saturated rings. The summed E-state index contributed by atoms with van der Waals surface area (Å²) in [7, 11) is 0. The molecule has 27 heavy (non-hydrogen) atoms. The third-order valence-corrected chi connectivity index (χ3v) is 4.66. The highest BCUT2D eigenvalue weighted by Crippen LogP contribution is 2.29. The van der Waals surface area contributed by atoms with Gasteiger partial charge in [0.25, 0.3) is 5.91 Å². The summed E-state index contributed by atoms with van der Waals surface area (Å²) in [4.78, 5) is 19.8. The molecule has 140 valence electrons. The van der Waals surface area contributed by atoms with Gasteiger partial charge in [0.1, 0.15) is 17.8 Å². The van der Waals surface area contributed by atoms with Crippen LogP contribution in [0.3, 0.4) is 0 Å². The molecule has 0 bridgehead atoms. The molecule has 0 radical (unpaired) electrons. The van der Waals surface area contributed by atoms with Gasteiger partial charge in [0.2, 0.25) is 0 Å². The van der Waals surface area contributed by atoms with Gasteiger partial charge in [-0.15, -0.1) is 5.10 Å². The van der Waals surface area contributed by atoms with E-state index in [-0.39, 0.29) is 11.3 Å². The molecule has 1 aliphatic heterocycles. The van der Waals surface area contributed by atoms with Crippen molar-refractivity contribution in [2.24, 2.45) is 0 Å². The summed E-state index contributed by atoms with van der Waals surface area (Å²) in [5, 5.41) is 11.4. The third kappa shape index (κ3) is 3.34. The Labute approximate surface area is 157 Å². The number of fused-ring (bicyclic) bond motifs is 1. The second kappa shape index (κ2) is 6.61. The van der Waals surface area contributed by atoms with Crippen LogP contribution in [0.15, 0.2) is 41.1 Å². The topological polar surface area (TPSA) is 89.9 Å². The molecule has 1 amide bonds. The Morgan fingerprint density at radius 1 is 1.22 bits per heavy atom. The first kappa shape index (κ1) is 17.4. The number of hydrogen-bond acceptors (Lipinski definition) is 6. The largest absolute Gasteiger partial charge is 0.445 e. The van der Waals surface area contributed by atoms with Crippen molar-refractivity contribution in [1.82, 2.24) is 30.1 Å². The van der Waals surface area contributed by atoms with Crippen molar-refractivity contribution in [3.63, 3.8) is 0 Å². The molecule has 4 rings (SSSR count). The van der Waals surface area contributed by atoms with Crippen LogP contribution in [-0.4, -0.2) is 42.5 Å². The van der Waals surface area contributed by atoms with Crippen molar-refractivity contribution < 1.29 is 9.21 Å². The molecule has 1 aromatic carbocycles. The number of carbonyl (C=O) groups is 1. The van der Waals surface area contributed by atoms with Crippen LogP contribution in [0.5, 0.6) is 0 Å². The number of amides is 1. The number of nitrogens with zero attached hydrogens (tertiary/aromatic N) is 6. The average Bonchev–Trinajstić information content (AvgIpc) is 3.31. The maximum atomic E-state index is 13.4. The van der Waals surface area contributed by atoms with E-state index >= 15 is 0 Å². The third-order valence-electron chi connectivity index (χ3n) is 4.66. The lowest BCUT2D eigenvalue weighted by molar-refractivity contribution is -0.135. The van der Waals surface area contributed by atoms with E-state index in [1.54, 1.807) is 4.90 Å². The zero-order valence-electron chi connectivity index (χ0n) is 15.7. The zero-order chi connectivity index (χ0) is 19.0. The van der Waals surface area contributed by atoms with E-state index in [9.17, 15) is 4.79 Å². The highest BCUT2D eigenvalue weighted by Gasteiger charge is 2.33. The van der Waals surface area contributed by atoms with Crippen LogP contribution >= 0.6 is 0 Å². The van der Waals surface area contributed by atoms with Crippen molar-refractivity contribution in [3.05, 3.63) is 59.6 Å². The van der Waals surface area contributed by atoms with Crippen LogP contribution in [0, 0.1) is 0 Å². The molecule has 0 saturated carbocycles. The summed E-state index contributed by atoms with van der Waals surface area (Å²) in [6.07, 6.45) is 2.13. The summed E-state index contributed by atoms with van der Waals surface area (Å²) in [6.45, 7) is 7.21. The maximum Gasteiger partial charge on any atom is 0.252 e. The fourth-order valence-corrected chi connectivity index (χ4v) is 3.21. The number of aromatic nitrogens is 5. The molecule has 8 heteroatoms. The highest BCUT2D eigenvalue weighted by molar-refractivity contribution is 5.83. The number of tetrazole rings is 1. The van der Waals surface area contributed by atoms with E-state index in [1.807, 2.05) is 30.3 Å². The van der Waals surface area contributed by atoms with Crippen molar-refractivity contribution in [2.45, 2.75) is 45.2 Å². The molecular formula is C19H22N6O2. The van der Waals surface area contributed by atoms with Crippen LogP contribution in [0.25, 0.3) is 0 Å². The fourth-order valence-electron chi connectivity index (χ4n) is 3.21. The van der Waals surface area contributed by atoms with Gasteiger partial charge in [-0.2, -0.15) is 0 Å². The van der Waals surface area contributed by atoms with E-state index in [1.165, 1.54) is 11.0 Å². The molecule has 2 aromatic heterocycles. The van der Waals surface area contributed by atoms with Crippen molar-refractivity contribution in [3.8, 4) is 0 Å². The van der Waals surface area contributed by atoms with E-state index in [0.717, 1.165) is 17.0 Å². The van der Waals surface area contributed by atoms with Gasteiger partial charge in [-0.25, -0.2) is 9.67 Å². The maximum absolute atomic E-state index is 13.4. The van der Waals surface area contributed by atoms with Gasteiger partial charge >= 0.3 is 0 Å². The summed E-state index contributed by atoms with van der Waals surface area (Å²) in [5.41, 5.74) is 1.52. The molecule has 8 nitrogen and oxygen atoms in total. The molecular weight excluding hydrogens is 344 g/mol. The molecule has 3 aromatic rings. The van der Waals surface area contributed by atoms with Crippen LogP contribution in [0.4, 0.5) is 0 Å². The van der Waals surface area contributed by atoms with Crippen molar-refractivity contribution >= 4 is 5.91 Å². The van der Waals surface area contributed by atoms with Crippen LogP contribution < -0.4 is 0 Å². The number of benzene rings is 1. The van der Waals surface area contributed by atoms with E-state index in [2.05, 4.69) is 41.3 Å². The molecule has 1 aliphatic rings. The standard InChI is InChI=1S/C19H22N6O2/c1-19(2,3)18-21-14-11-24(10-9-15(14)27-18)17(26)16(25-12-20-22-23-25)13-7-5-4-6-8-13/h4-8,12,16H,9-11H2,1-3H3. The predicted molar refractivity (Wildman–Crippen MR) is 96.7 cm³/mol. The van der Waals surface area contributed by atoms with Gasteiger partial charge < -0.3 is 9.32 Å². The smallest absolute Gasteiger partial charge is 0.252 e. The Kier molecular flexibility index (Phi) is 4.25. The van der Waals surface area contributed by atoms with Crippen LogP contribution in [0.2, 0.25) is 0 Å². The number of rotatable bonds is 3. The fraction of sp³-hybridized carbons (Fsp3) is 0.421. The molecule has 0 aliphatic carbocycles. The minimum absolute atomic E-state index is 0.0561. The van der Waals surface area contributed by atoms with Crippen LogP contribution in [-0.2, 0) is 23.2 Å². The highest BCUT2D eigenvalue weighted by atomic mass is 16.4. The first-order chi connectivity index (χ1) is 12.9. The first-order valence-corrected chi connectivity index (χ1v) is 8.99. The second-order valence-electron chi connectivity index (χ2n) is 7.75. The van der Waals surface area contributed by atoms with Crippen molar-refractivity contribution in [2.75, 3.05) is 6.54 Å². The molecule has 1 atom stereocenters. The van der Waals surface area contributed by atoms with Gasteiger partial charge in [0.05, 0.1) is 6.54 Å². The molecule has 0 saturated heterocycles. The number of carbonyl (C=O) groups excluding carboxylic acids is 1. The number of hydrogen-bond donors (Lipinski definition) is 0. The van der Waals surface area contributed by atoms with Gasteiger partial charge in [0, 0.05) is 18.4 Å². The summed E-state index contributed by atoms with van der Waals surface area (Å²) in [5.74, 6) is 1.53. The minimum Gasteiger partial charge on any atom is -0.445 e. The second-order valence-corrected chi connectivity index (χ2v) is 7.75. The predicted octanol–water partition coefficient (Wildman–Crippen LogP) is 2.13. The lowest BCUT2D eigenvalue weighted by atomic mass is 9.97. The average molecular weight is 366 g/mol. The van der Waals surface area contributed by atoms with Gasteiger partial charge in [-0.1, -0.05) is 51.1 Å². The Morgan fingerprint density at radius 3 is 2.67 bits per heavy atom. The Morgan fingerprint density at radius 2 is 2.00 bits per heavy atom. The Bertz CT molecular complexity index is 927. The summed E-state index contributed by atoms with van der Waals surface area (Å²) in [6, 6.07) is 8.95. The monoisotopic (exact) mass is 366 g/mol. The zero-order valence-corrected chi connectivity index (χ0v) is 15.7. The summed E-state index contributed by atoms with van der Waals surface area (Å²) >= 11 is 0. The van der Waals surface area contributed by atoms with E-state index in [4.69, 9.17) is 4.42 Å². The molecule has 1 unspecified atom stereocenters. The van der Waals surface area contributed by atoms with Gasteiger partial charge in [0.15, 0.2) is 11.9 Å². The van der Waals surface area contributed by atoms with E-state index in [0.29, 0.717) is 25.4 Å². The Balaban J connectivity index is 1.62. The minimum atomic E-state index is -0.600. The molecule has 0 N–H and O–H groups in total. The quantitative estimate of drug-likeness (QED) is 0.705.